The molecule has 1 amide bonds. The summed E-state index contributed by atoms with van der Waals surface area (Å²) in [5.74, 6) is 0.824. The van der Waals surface area contributed by atoms with Crippen LogP contribution in [-0.4, -0.2) is 41.8 Å². The molecule has 0 saturated heterocycles. The van der Waals surface area contributed by atoms with Crippen molar-refractivity contribution in [2.45, 2.75) is 19.4 Å². The Hall–Kier alpha value is -2.74. The number of benzene rings is 2. The van der Waals surface area contributed by atoms with Gasteiger partial charge >= 0.3 is 0 Å². The summed E-state index contributed by atoms with van der Waals surface area (Å²) < 4.78 is 35.5. The molecule has 1 atom stereocenters. The third-order valence-electron chi connectivity index (χ3n) is 4.51. The van der Waals surface area contributed by atoms with Crippen LogP contribution >= 0.6 is 0 Å². The molecule has 2 aromatic carbocycles. The largest absolute Gasteiger partial charge is 0.493 e. The van der Waals surface area contributed by atoms with Crippen LogP contribution in [0.25, 0.3) is 0 Å². The Kier molecular flexibility index (Phi) is 6.90. The zero-order valence-electron chi connectivity index (χ0n) is 16.7. The molecular formula is C20H26N2O5S. The van der Waals surface area contributed by atoms with Gasteiger partial charge in [0.1, 0.15) is 0 Å². The van der Waals surface area contributed by atoms with E-state index in [0.717, 1.165) is 16.1 Å². The first kappa shape index (κ1) is 21.6. The maximum absolute atomic E-state index is 12.9. The second-order valence-corrected chi connectivity index (χ2v) is 8.31. The van der Waals surface area contributed by atoms with Crippen molar-refractivity contribution in [3.8, 4) is 11.5 Å². The van der Waals surface area contributed by atoms with Crippen molar-refractivity contribution in [1.82, 2.24) is 5.32 Å². The topological polar surface area (TPSA) is 84.9 Å². The van der Waals surface area contributed by atoms with E-state index in [-0.39, 0.29) is 17.5 Å². The fraction of sp³-hybridized carbons (Fsp3) is 0.350. The number of carbonyl (C=O) groups is 1. The van der Waals surface area contributed by atoms with Gasteiger partial charge in [-0.25, -0.2) is 8.42 Å². The van der Waals surface area contributed by atoms with Gasteiger partial charge in [-0.15, -0.1) is 0 Å². The normalized spacial score (nSPS) is 12.2. The lowest BCUT2D eigenvalue weighted by atomic mass is 10.0. The molecule has 0 aliphatic carbocycles. The third kappa shape index (κ3) is 4.75. The highest BCUT2D eigenvalue weighted by Gasteiger charge is 2.22. The van der Waals surface area contributed by atoms with Crippen molar-refractivity contribution in [1.29, 1.82) is 0 Å². The Balaban J connectivity index is 2.34. The summed E-state index contributed by atoms with van der Waals surface area (Å²) in [5.41, 5.74) is 1.47. The van der Waals surface area contributed by atoms with E-state index in [0.29, 0.717) is 23.6 Å². The molecule has 2 aromatic rings. The first-order valence-corrected chi connectivity index (χ1v) is 10.6. The van der Waals surface area contributed by atoms with E-state index in [4.69, 9.17) is 9.47 Å². The van der Waals surface area contributed by atoms with E-state index in [2.05, 4.69) is 5.32 Å². The first-order valence-electron chi connectivity index (χ1n) is 8.78. The van der Waals surface area contributed by atoms with Gasteiger partial charge in [0.25, 0.3) is 5.91 Å². The van der Waals surface area contributed by atoms with Gasteiger partial charge in [-0.3, -0.25) is 9.10 Å². The van der Waals surface area contributed by atoms with Crippen LogP contribution in [0.2, 0.25) is 0 Å². The number of para-hydroxylation sites is 1. The molecule has 0 aliphatic heterocycles. The van der Waals surface area contributed by atoms with Crippen LogP contribution in [0.4, 0.5) is 5.69 Å². The molecule has 1 N–H and O–H groups in total. The summed E-state index contributed by atoms with van der Waals surface area (Å²) in [6, 6.07) is 11.8. The standard InChI is InChI=1S/C20H26N2O5S/c1-6-16(14-11-12-18(26-3)19(13-14)27-4)21-20(23)15-9-7-8-10-17(15)22(2)28(5,24)25/h7-13,16H,6H2,1-5H3,(H,21,23)/t16-/m0/s1. The summed E-state index contributed by atoms with van der Waals surface area (Å²) >= 11 is 0. The Labute approximate surface area is 166 Å². The summed E-state index contributed by atoms with van der Waals surface area (Å²) in [7, 11) is 1.05. The van der Waals surface area contributed by atoms with E-state index in [9.17, 15) is 13.2 Å². The van der Waals surface area contributed by atoms with Crippen LogP contribution in [0, 0.1) is 0 Å². The van der Waals surface area contributed by atoms with Crippen molar-refractivity contribution in [3.05, 3.63) is 53.6 Å². The molecule has 8 heteroatoms. The van der Waals surface area contributed by atoms with Crippen LogP contribution in [0.1, 0.15) is 35.3 Å². The van der Waals surface area contributed by atoms with E-state index < -0.39 is 10.0 Å². The van der Waals surface area contributed by atoms with E-state index in [1.54, 1.807) is 44.6 Å². The molecule has 0 bridgehead atoms. The first-order chi connectivity index (χ1) is 13.2. The van der Waals surface area contributed by atoms with Crippen LogP contribution in [0.3, 0.4) is 0 Å². The SMILES string of the molecule is CC[C@H](NC(=O)c1ccccc1N(C)S(C)(=O)=O)c1ccc(OC)c(OC)c1. The van der Waals surface area contributed by atoms with Gasteiger partial charge < -0.3 is 14.8 Å². The molecule has 28 heavy (non-hydrogen) atoms. The summed E-state index contributed by atoms with van der Waals surface area (Å²) in [4.78, 5) is 12.9. The molecular weight excluding hydrogens is 380 g/mol. The second-order valence-electron chi connectivity index (χ2n) is 6.30. The van der Waals surface area contributed by atoms with Gasteiger partial charge in [0, 0.05) is 7.05 Å². The molecule has 152 valence electrons. The Morgan fingerprint density at radius 1 is 1.11 bits per heavy atom. The number of carbonyl (C=O) groups excluding carboxylic acids is 1. The van der Waals surface area contributed by atoms with Crippen LogP contribution in [0.5, 0.6) is 11.5 Å². The molecule has 2 rings (SSSR count). The summed E-state index contributed by atoms with van der Waals surface area (Å²) in [5, 5.41) is 2.98. The molecule has 0 spiro atoms. The lowest BCUT2D eigenvalue weighted by Crippen LogP contribution is -2.32. The smallest absolute Gasteiger partial charge is 0.253 e. The predicted molar refractivity (Wildman–Crippen MR) is 110 cm³/mol. The van der Waals surface area contributed by atoms with Gasteiger partial charge in [0.15, 0.2) is 11.5 Å². The maximum atomic E-state index is 12.9. The van der Waals surface area contributed by atoms with Gasteiger partial charge in [-0.05, 0) is 36.2 Å². The van der Waals surface area contributed by atoms with Crippen molar-refractivity contribution in [3.63, 3.8) is 0 Å². The number of rotatable bonds is 8. The second kappa shape index (κ2) is 8.97. The van der Waals surface area contributed by atoms with Crippen molar-refractivity contribution in [2.24, 2.45) is 0 Å². The van der Waals surface area contributed by atoms with Crippen LogP contribution < -0.4 is 19.1 Å². The minimum absolute atomic E-state index is 0.274. The highest BCUT2D eigenvalue weighted by Crippen LogP contribution is 2.31. The van der Waals surface area contributed by atoms with Crippen molar-refractivity contribution >= 4 is 21.6 Å². The van der Waals surface area contributed by atoms with E-state index in [1.165, 1.54) is 7.05 Å². The highest BCUT2D eigenvalue weighted by molar-refractivity contribution is 7.92. The Bertz CT molecular complexity index is 943. The lowest BCUT2D eigenvalue weighted by molar-refractivity contribution is 0.0936. The molecule has 7 nitrogen and oxygen atoms in total. The molecule has 0 saturated carbocycles. The number of nitrogens with zero attached hydrogens (tertiary/aromatic N) is 1. The van der Waals surface area contributed by atoms with Crippen LogP contribution in [0.15, 0.2) is 42.5 Å². The monoisotopic (exact) mass is 406 g/mol. The molecule has 0 fully saturated rings. The quantitative estimate of drug-likeness (QED) is 0.728. The minimum Gasteiger partial charge on any atom is -0.493 e. The van der Waals surface area contributed by atoms with Crippen molar-refractivity contribution in [2.75, 3.05) is 31.8 Å². The van der Waals surface area contributed by atoms with E-state index in [1.807, 2.05) is 19.1 Å². The number of methoxy groups -OCH3 is 2. The van der Waals surface area contributed by atoms with Crippen LogP contribution in [-0.2, 0) is 10.0 Å². The zero-order chi connectivity index (χ0) is 20.9. The number of amides is 1. The zero-order valence-corrected chi connectivity index (χ0v) is 17.5. The predicted octanol–water partition coefficient (Wildman–Crippen LogP) is 2.98. The number of hydrogen-bond acceptors (Lipinski definition) is 5. The molecule has 0 aromatic heterocycles. The number of anilines is 1. The Morgan fingerprint density at radius 2 is 1.75 bits per heavy atom. The van der Waals surface area contributed by atoms with Gasteiger partial charge in [0.05, 0.1) is 37.8 Å². The summed E-state index contributed by atoms with van der Waals surface area (Å²) in [6.45, 7) is 1.95. The van der Waals surface area contributed by atoms with E-state index >= 15 is 0 Å². The fourth-order valence-electron chi connectivity index (χ4n) is 2.85. The molecule has 0 radical (unpaired) electrons. The average molecular weight is 407 g/mol. The number of nitrogens with one attached hydrogen (secondary N) is 1. The van der Waals surface area contributed by atoms with Crippen molar-refractivity contribution < 1.29 is 22.7 Å². The Morgan fingerprint density at radius 3 is 2.32 bits per heavy atom. The molecule has 0 heterocycles. The number of ether oxygens (including phenoxy) is 2. The molecule has 0 aliphatic rings. The fourth-order valence-corrected chi connectivity index (χ4v) is 3.36. The van der Waals surface area contributed by atoms with Gasteiger partial charge in [-0.2, -0.15) is 0 Å². The lowest BCUT2D eigenvalue weighted by Gasteiger charge is -2.22. The molecule has 0 unspecified atom stereocenters. The van der Waals surface area contributed by atoms with Gasteiger partial charge in [-0.1, -0.05) is 25.1 Å². The number of hydrogen-bond donors (Lipinski definition) is 1. The average Bonchev–Trinajstić information content (AvgIpc) is 2.69. The maximum Gasteiger partial charge on any atom is 0.253 e. The highest BCUT2D eigenvalue weighted by atomic mass is 32.2. The van der Waals surface area contributed by atoms with Gasteiger partial charge in [0.2, 0.25) is 10.0 Å². The minimum atomic E-state index is -3.49. The third-order valence-corrected chi connectivity index (χ3v) is 5.70. The number of sulfonamides is 1. The summed E-state index contributed by atoms with van der Waals surface area (Å²) in [6.07, 6.45) is 1.74.